The maximum Gasteiger partial charge on any atom is 0.471 e. The van der Waals surface area contributed by atoms with E-state index in [9.17, 15) is 23.1 Å². The summed E-state index contributed by atoms with van der Waals surface area (Å²) < 4.78 is 38.6. The largest absolute Gasteiger partial charge is 0.471 e. The number of benzene rings is 1. The molecule has 5 rings (SSSR count). The van der Waals surface area contributed by atoms with E-state index in [1.54, 1.807) is 30.3 Å². The Morgan fingerprint density at radius 1 is 1.12 bits per heavy atom. The van der Waals surface area contributed by atoms with Crippen molar-refractivity contribution in [3.63, 3.8) is 0 Å². The van der Waals surface area contributed by atoms with Gasteiger partial charge in [0.15, 0.2) is 0 Å². The maximum absolute atomic E-state index is 12.9. The first-order valence-corrected chi connectivity index (χ1v) is 8.91. The number of aliphatic hydroxyl groups is 1. The molecular formula is C19H22F3NO2. The Morgan fingerprint density at radius 2 is 1.72 bits per heavy atom. The zero-order valence-electron chi connectivity index (χ0n) is 13.8. The summed E-state index contributed by atoms with van der Waals surface area (Å²) in [5.41, 5.74) is -0.347. The Labute approximate surface area is 144 Å². The molecule has 4 aliphatic rings. The summed E-state index contributed by atoms with van der Waals surface area (Å²) in [4.78, 5) is 11.7. The van der Waals surface area contributed by atoms with Gasteiger partial charge in [0.25, 0.3) is 0 Å². The number of hydrogen-bond donors (Lipinski definition) is 2. The van der Waals surface area contributed by atoms with E-state index in [4.69, 9.17) is 0 Å². The van der Waals surface area contributed by atoms with Crippen LogP contribution in [-0.4, -0.2) is 22.8 Å². The third-order valence-corrected chi connectivity index (χ3v) is 6.41. The lowest BCUT2D eigenvalue weighted by molar-refractivity contribution is -0.190. The normalized spacial score (nSPS) is 37.8. The molecule has 136 valence electrons. The highest BCUT2D eigenvalue weighted by Gasteiger charge is 2.59. The molecule has 4 aliphatic carbocycles. The van der Waals surface area contributed by atoms with Gasteiger partial charge in [-0.25, -0.2) is 0 Å². The summed E-state index contributed by atoms with van der Waals surface area (Å²) in [5, 5.41) is 13.5. The molecule has 3 nitrogen and oxygen atoms in total. The SMILES string of the molecule is O=C(N[C@@H](c1ccccc1)[C@H]1C2CC3C[C@H](C2)CC1(O)C3)C(F)(F)F. The van der Waals surface area contributed by atoms with Crippen LogP contribution in [0.3, 0.4) is 0 Å². The minimum Gasteiger partial charge on any atom is -0.389 e. The summed E-state index contributed by atoms with van der Waals surface area (Å²) in [6, 6.07) is 7.94. The van der Waals surface area contributed by atoms with E-state index in [-0.39, 0.29) is 11.8 Å². The Kier molecular flexibility index (Phi) is 3.87. The zero-order chi connectivity index (χ0) is 17.8. The number of nitrogens with one attached hydrogen (secondary N) is 1. The smallest absolute Gasteiger partial charge is 0.389 e. The van der Waals surface area contributed by atoms with E-state index in [0.717, 1.165) is 19.3 Å². The van der Waals surface area contributed by atoms with Crippen molar-refractivity contribution in [1.82, 2.24) is 5.32 Å². The molecule has 1 aromatic rings. The molecule has 4 saturated carbocycles. The second-order valence-corrected chi connectivity index (χ2v) is 8.10. The fourth-order valence-electron chi connectivity index (χ4n) is 5.88. The van der Waals surface area contributed by atoms with Gasteiger partial charge in [0.2, 0.25) is 0 Å². The molecule has 1 aromatic carbocycles. The Balaban J connectivity index is 1.69. The van der Waals surface area contributed by atoms with Gasteiger partial charge < -0.3 is 10.4 Å². The van der Waals surface area contributed by atoms with E-state index in [1.165, 1.54) is 0 Å². The molecule has 6 heteroatoms. The standard InChI is InChI=1S/C19H22F3NO2/c20-19(21,22)17(24)23-16(13-4-2-1-3-5-13)15-14-7-11-6-12(8-14)10-18(15,25)9-11/h1-5,11-12,14-16,25H,6-10H2,(H,23,24)/t11-,12?,14?,15-,16+,18?/m1/s1. The summed E-state index contributed by atoms with van der Waals surface area (Å²) >= 11 is 0. The Morgan fingerprint density at radius 3 is 2.24 bits per heavy atom. The number of rotatable bonds is 3. The van der Waals surface area contributed by atoms with Crippen molar-refractivity contribution in [2.75, 3.05) is 0 Å². The lowest BCUT2D eigenvalue weighted by Crippen LogP contribution is -2.61. The minimum atomic E-state index is -4.93. The number of carbonyl (C=O) groups is 1. The monoisotopic (exact) mass is 353 g/mol. The summed E-state index contributed by atoms with van der Waals surface area (Å²) in [7, 11) is 0. The molecule has 0 heterocycles. The van der Waals surface area contributed by atoms with Crippen molar-refractivity contribution in [2.45, 2.75) is 49.9 Å². The van der Waals surface area contributed by atoms with E-state index >= 15 is 0 Å². The molecule has 0 aliphatic heterocycles. The van der Waals surface area contributed by atoms with Crippen LogP contribution in [0.2, 0.25) is 0 Å². The van der Waals surface area contributed by atoms with Crippen molar-refractivity contribution in [3.8, 4) is 0 Å². The molecule has 4 fully saturated rings. The van der Waals surface area contributed by atoms with E-state index in [1.807, 2.05) is 0 Å². The first kappa shape index (κ1) is 16.9. The summed E-state index contributed by atoms with van der Waals surface area (Å²) in [6.07, 6.45) is -0.660. The topological polar surface area (TPSA) is 49.3 Å². The highest BCUT2D eigenvalue weighted by atomic mass is 19.4. The molecule has 6 atom stereocenters. The van der Waals surface area contributed by atoms with Crippen LogP contribution >= 0.6 is 0 Å². The lowest BCUT2D eigenvalue weighted by Gasteiger charge is -2.60. The first-order chi connectivity index (χ1) is 11.8. The van der Waals surface area contributed by atoms with Crippen LogP contribution in [0.25, 0.3) is 0 Å². The molecule has 1 amide bonds. The number of halogens is 3. The summed E-state index contributed by atoms with van der Waals surface area (Å²) in [5.74, 6) is -1.20. The molecule has 25 heavy (non-hydrogen) atoms. The average Bonchev–Trinajstić information content (AvgIpc) is 2.51. The third-order valence-electron chi connectivity index (χ3n) is 6.41. The van der Waals surface area contributed by atoms with Crippen LogP contribution < -0.4 is 5.32 Å². The van der Waals surface area contributed by atoms with Gasteiger partial charge >= 0.3 is 12.1 Å². The molecule has 0 aromatic heterocycles. The fraction of sp³-hybridized carbons (Fsp3) is 0.632. The number of carbonyl (C=O) groups excluding carboxylic acids is 1. The fourth-order valence-corrected chi connectivity index (χ4v) is 5.88. The van der Waals surface area contributed by atoms with Crippen LogP contribution in [0, 0.1) is 23.7 Å². The van der Waals surface area contributed by atoms with Crippen molar-refractivity contribution >= 4 is 5.91 Å². The Hall–Kier alpha value is -1.56. The van der Waals surface area contributed by atoms with Crippen LogP contribution in [-0.2, 0) is 4.79 Å². The quantitative estimate of drug-likeness (QED) is 0.872. The van der Waals surface area contributed by atoms with Gasteiger partial charge in [0, 0.05) is 5.92 Å². The predicted octanol–water partition coefficient (Wildman–Crippen LogP) is 3.59. The van der Waals surface area contributed by atoms with Crippen molar-refractivity contribution in [1.29, 1.82) is 0 Å². The summed E-state index contributed by atoms with van der Waals surface area (Å²) in [6.45, 7) is 0. The van der Waals surface area contributed by atoms with Crippen LogP contribution in [0.4, 0.5) is 13.2 Å². The van der Waals surface area contributed by atoms with Gasteiger partial charge in [-0.2, -0.15) is 13.2 Å². The van der Waals surface area contributed by atoms with Gasteiger partial charge in [-0.1, -0.05) is 30.3 Å². The third kappa shape index (κ3) is 2.94. The van der Waals surface area contributed by atoms with Crippen LogP contribution in [0.15, 0.2) is 30.3 Å². The van der Waals surface area contributed by atoms with Gasteiger partial charge in [-0.15, -0.1) is 0 Å². The Bertz CT molecular complexity index is 646. The number of amides is 1. The van der Waals surface area contributed by atoms with E-state index in [0.29, 0.717) is 30.2 Å². The van der Waals surface area contributed by atoms with Crippen LogP contribution in [0.5, 0.6) is 0 Å². The minimum absolute atomic E-state index is 0.162. The molecular weight excluding hydrogens is 331 g/mol. The van der Waals surface area contributed by atoms with Crippen molar-refractivity contribution in [2.24, 2.45) is 23.7 Å². The zero-order valence-corrected chi connectivity index (χ0v) is 13.8. The first-order valence-electron chi connectivity index (χ1n) is 8.91. The van der Waals surface area contributed by atoms with Crippen molar-refractivity contribution in [3.05, 3.63) is 35.9 Å². The van der Waals surface area contributed by atoms with E-state index in [2.05, 4.69) is 5.32 Å². The maximum atomic E-state index is 12.9. The molecule has 3 unspecified atom stereocenters. The average molecular weight is 353 g/mol. The molecule has 2 N–H and O–H groups in total. The molecule has 0 saturated heterocycles. The van der Waals surface area contributed by atoms with Gasteiger partial charge in [0.05, 0.1) is 11.6 Å². The second kappa shape index (κ2) is 5.73. The molecule has 0 spiro atoms. The lowest BCUT2D eigenvalue weighted by atomic mass is 9.48. The van der Waals surface area contributed by atoms with Gasteiger partial charge in [-0.3, -0.25) is 4.79 Å². The molecule has 0 radical (unpaired) electrons. The van der Waals surface area contributed by atoms with Crippen molar-refractivity contribution < 1.29 is 23.1 Å². The van der Waals surface area contributed by atoms with Gasteiger partial charge in [-0.05, 0) is 55.4 Å². The van der Waals surface area contributed by atoms with E-state index < -0.39 is 23.7 Å². The highest BCUT2D eigenvalue weighted by Crippen LogP contribution is 2.61. The second-order valence-electron chi connectivity index (χ2n) is 8.10. The predicted molar refractivity (Wildman–Crippen MR) is 85.4 cm³/mol. The number of alkyl halides is 3. The van der Waals surface area contributed by atoms with Gasteiger partial charge in [0.1, 0.15) is 0 Å². The highest BCUT2D eigenvalue weighted by molar-refractivity contribution is 5.82. The number of hydrogen-bond acceptors (Lipinski definition) is 2. The molecule has 4 bridgehead atoms. The van der Waals surface area contributed by atoms with Crippen LogP contribution in [0.1, 0.15) is 43.7 Å².